The molecule has 1 aromatic rings. The second-order valence-corrected chi connectivity index (χ2v) is 6.15. The van der Waals surface area contributed by atoms with Gasteiger partial charge in [-0.2, -0.15) is 0 Å². The number of aliphatic hydroxyl groups is 2. The Morgan fingerprint density at radius 3 is 2.38 bits per heavy atom. The molecule has 0 aliphatic heterocycles. The molecule has 3 N–H and O–H groups in total. The van der Waals surface area contributed by atoms with Gasteiger partial charge in [-0.05, 0) is 46.9 Å². The van der Waals surface area contributed by atoms with E-state index >= 15 is 0 Å². The Kier molecular flexibility index (Phi) is 5.12. The van der Waals surface area contributed by atoms with Crippen LogP contribution >= 0.6 is 22.6 Å². The fourth-order valence-electron chi connectivity index (χ4n) is 0.968. The van der Waals surface area contributed by atoms with Crippen LogP contribution in [0.15, 0.2) is 29.2 Å². The molecule has 0 unspecified atom stereocenters. The quantitative estimate of drug-likeness (QED) is 0.644. The summed E-state index contributed by atoms with van der Waals surface area (Å²) in [5, 5.41) is 17.6. The van der Waals surface area contributed by atoms with E-state index in [1.165, 1.54) is 12.1 Å². The van der Waals surface area contributed by atoms with E-state index < -0.39 is 22.7 Å². The Labute approximate surface area is 108 Å². The number of sulfonamides is 1. The second kappa shape index (κ2) is 5.92. The number of rotatable bonds is 5. The van der Waals surface area contributed by atoms with E-state index in [0.717, 1.165) is 3.57 Å². The zero-order valence-electron chi connectivity index (χ0n) is 8.30. The van der Waals surface area contributed by atoms with E-state index in [1.54, 1.807) is 12.1 Å². The van der Waals surface area contributed by atoms with Gasteiger partial charge in [-0.15, -0.1) is 0 Å². The maximum Gasteiger partial charge on any atom is 0.240 e. The summed E-state index contributed by atoms with van der Waals surface area (Å²) >= 11 is 2.07. The van der Waals surface area contributed by atoms with Crippen LogP contribution in [0.3, 0.4) is 0 Å². The first kappa shape index (κ1) is 13.8. The fraction of sp³-hybridized carbons (Fsp3) is 0.333. The largest absolute Gasteiger partial charge is 0.394 e. The molecule has 0 saturated heterocycles. The van der Waals surface area contributed by atoms with Gasteiger partial charge in [-0.25, -0.2) is 13.1 Å². The van der Waals surface area contributed by atoms with Crippen LogP contribution in [0.4, 0.5) is 0 Å². The molecule has 0 aromatic heterocycles. The summed E-state index contributed by atoms with van der Waals surface area (Å²) in [6.45, 7) is -0.681. The second-order valence-electron chi connectivity index (χ2n) is 3.14. The molecule has 0 fully saturated rings. The molecule has 0 bridgehead atoms. The average Bonchev–Trinajstić information content (AvgIpc) is 2.26. The summed E-state index contributed by atoms with van der Waals surface area (Å²) in [6.07, 6.45) is -1.08. The maximum atomic E-state index is 11.7. The van der Waals surface area contributed by atoms with E-state index in [1.807, 2.05) is 0 Å². The highest BCUT2D eigenvalue weighted by molar-refractivity contribution is 14.1. The average molecular weight is 357 g/mol. The third-order valence-corrected chi connectivity index (χ3v) is 4.00. The van der Waals surface area contributed by atoms with E-state index in [-0.39, 0.29) is 11.4 Å². The van der Waals surface area contributed by atoms with Gasteiger partial charge in [-0.3, -0.25) is 0 Å². The topological polar surface area (TPSA) is 86.6 Å². The van der Waals surface area contributed by atoms with Crippen molar-refractivity contribution in [1.82, 2.24) is 4.72 Å². The Morgan fingerprint density at radius 2 is 1.88 bits per heavy atom. The summed E-state index contributed by atoms with van der Waals surface area (Å²) in [4.78, 5) is 0.137. The molecule has 16 heavy (non-hydrogen) atoms. The van der Waals surface area contributed by atoms with Crippen molar-refractivity contribution in [3.63, 3.8) is 0 Å². The molecule has 90 valence electrons. The Bertz CT molecular complexity index is 431. The van der Waals surface area contributed by atoms with E-state index in [0.29, 0.717) is 0 Å². The lowest BCUT2D eigenvalue weighted by Gasteiger charge is -2.09. The lowest BCUT2D eigenvalue weighted by Crippen LogP contribution is -2.33. The molecule has 5 nitrogen and oxygen atoms in total. The van der Waals surface area contributed by atoms with Crippen LogP contribution in [0.25, 0.3) is 0 Å². The number of benzene rings is 1. The number of nitrogens with one attached hydrogen (secondary N) is 1. The minimum absolute atomic E-state index is 0.137. The highest BCUT2D eigenvalue weighted by atomic mass is 127. The molecule has 0 radical (unpaired) electrons. The van der Waals surface area contributed by atoms with Crippen molar-refractivity contribution < 1.29 is 18.6 Å². The number of hydrogen-bond acceptors (Lipinski definition) is 4. The fourth-order valence-corrected chi connectivity index (χ4v) is 2.40. The lowest BCUT2D eigenvalue weighted by molar-refractivity contribution is 0.0988. The van der Waals surface area contributed by atoms with Crippen LogP contribution in [0.1, 0.15) is 0 Å². The zero-order chi connectivity index (χ0) is 12.2. The molecule has 0 amide bonds. The molecular weight excluding hydrogens is 345 g/mol. The highest BCUT2D eigenvalue weighted by Gasteiger charge is 2.14. The van der Waals surface area contributed by atoms with Crippen molar-refractivity contribution in [2.45, 2.75) is 11.0 Å². The van der Waals surface area contributed by atoms with Crippen molar-refractivity contribution in [2.75, 3.05) is 13.2 Å². The maximum absolute atomic E-state index is 11.7. The highest BCUT2D eigenvalue weighted by Crippen LogP contribution is 2.11. The van der Waals surface area contributed by atoms with Crippen LogP contribution in [-0.4, -0.2) is 37.9 Å². The van der Waals surface area contributed by atoms with Crippen LogP contribution in [-0.2, 0) is 10.0 Å². The van der Waals surface area contributed by atoms with Crippen molar-refractivity contribution in [3.05, 3.63) is 27.8 Å². The van der Waals surface area contributed by atoms with E-state index in [9.17, 15) is 8.42 Å². The number of hydrogen-bond donors (Lipinski definition) is 3. The van der Waals surface area contributed by atoms with Crippen LogP contribution in [0.2, 0.25) is 0 Å². The summed E-state index contributed by atoms with van der Waals surface area (Å²) in [5.74, 6) is 0. The molecule has 1 aromatic carbocycles. The van der Waals surface area contributed by atoms with Crippen LogP contribution in [0.5, 0.6) is 0 Å². The van der Waals surface area contributed by atoms with Crippen molar-refractivity contribution in [1.29, 1.82) is 0 Å². The van der Waals surface area contributed by atoms with Gasteiger partial charge in [0.2, 0.25) is 10.0 Å². The Balaban J connectivity index is 2.74. The monoisotopic (exact) mass is 357 g/mol. The van der Waals surface area contributed by atoms with Crippen LogP contribution in [0, 0.1) is 3.57 Å². The molecule has 0 aliphatic carbocycles. The Hall–Kier alpha value is -0.220. The third kappa shape index (κ3) is 3.98. The van der Waals surface area contributed by atoms with Gasteiger partial charge < -0.3 is 10.2 Å². The van der Waals surface area contributed by atoms with Crippen molar-refractivity contribution in [2.24, 2.45) is 0 Å². The molecule has 7 heteroatoms. The summed E-state index contributed by atoms with van der Waals surface area (Å²) in [6, 6.07) is 6.32. The predicted molar refractivity (Wildman–Crippen MR) is 67.4 cm³/mol. The number of aliphatic hydroxyl groups excluding tert-OH is 2. The first-order chi connectivity index (χ1) is 7.45. The van der Waals surface area contributed by atoms with E-state index in [4.69, 9.17) is 10.2 Å². The molecule has 1 atom stereocenters. The van der Waals surface area contributed by atoms with Gasteiger partial charge in [-0.1, -0.05) is 0 Å². The molecule has 0 spiro atoms. The first-order valence-corrected chi connectivity index (χ1v) is 7.06. The smallest absolute Gasteiger partial charge is 0.240 e. The summed E-state index contributed by atoms with van der Waals surface area (Å²) in [7, 11) is -3.61. The third-order valence-electron chi connectivity index (χ3n) is 1.84. The molecule has 1 rings (SSSR count). The summed E-state index contributed by atoms with van der Waals surface area (Å²) in [5.41, 5.74) is 0. The molecule has 0 saturated carbocycles. The van der Waals surface area contributed by atoms with Gasteiger partial charge in [0, 0.05) is 10.1 Å². The van der Waals surface area contributed by atoms with Crippen molar-refractivity contribution in [3.8, 4) is 0 Å². The predicted octanol–water partition coefficient (Wildman–Crippen LogP) is -0.0773. The van der Waals surface area contributed by atoms with Gasteiger partial charge in [0.05, 0.1) is 17.6 Å². The Morgan fingerprint density at radius 1 is 1.31 bits per heavy atom. The normalized spacial score (nSPS) is 13.7. The number of halogens is 1. The van der Waals surface area contributed by atoms with Crippen LogP contribution < -0.4 is 4.72 Å². The molecular formula is C9H12INO4S. The first-order valence-electron chi connectivity index (χ1n) is 4.50. The molecule has 0 aliphatic rings. The SMILES string of the molecule is O=S(=O)(NC[C@H](O)CO)c1ccc(I)cc1. The van der Waals surface area contributed by atoms with Crippen molar-refractivity contribution >= 4 is 32.6 Å². The zero-order valence-corrected chi connectivity index (χ0v) is 11.3. The van der Waals surface area contributed by atoms with Gasteiger partial charge in [0.1, 0.15) is 0 Å². The van der Waals surface area contributed by atoms with Gasteiger partial charge >= 0.3 is 0 Å². The lowest BCUT2D eigenvalue weighted by atomic mass is 10.4. The van der Waals surface area contributed by atoms with Gasteiger partial charge in [0.25, 0.3) is 0 Å². The standard InChI is InChI=1S/C9H12INO4S/c10-7-1-3-9(4-2-7)16(14,15)11-5-8(13)6-12/h1-4,8,11-13H,5-6H2/t8-/m0/s1. The van der Waals surface area contributed by atoms with E-state index in [2.05, 4.69) is 27.3 Å². The summed E-state index contributed by atoms with van der Waals surface area (Å²) < 4.78 is 26.5. The minimum Gasteiger partial charge on any atom is -0.394 e. The van der Waals surface area contributed by atoms with Gasteiger partial charge in [0.15, 0.2) is 0 Å². The molecule has 0 heterocycles. The minimum atomic E-state index is -3.61.